The molecule has 1 amide bonds. The van der Waals surface area contributed by atoms with E-state index in [-0.39, 0.29) is 31.1 Å². The molecular formula is C35H44ClN6O5PS. The Morgan fingerprint density at radius 1 is 1.04 bits per heavy atom. The number of aryl methyl sites for hydroxylation is 3. The second-order valence-electron chi connectivity index (χ2n) is 12.6. The fraction of sp³-hybridized carbons (Fsp3) is 0.429. The van der Waals surface area contributed by atoms with Gasteiger partial charge in [0.15, 0.2) is 5.82 Å². The van der Waals surface area contributed by atoms with E-state index in [4.69, 9.17) is 35.9 Å². The number of aromatic nitrogens is 3. The molecule has 14 heteroatoms. The van der Waals surface area contributed by atoms with Gasteiger partial charge in [0, 0.05) is 26.7 Å². The van der Waals surface area contributed by atoms with Crippen molar-refractivity contribution in [3.63, 3.8) is 0 Å². The summed E-state index contributed by atoms with van der Waals surface area (Å²) in [7, 11) is -3.85. The third-order valence-electron chi connectivity index (χ3n) is 7.93. The Kier molecular flexibility index (Phi) is 11.9. The van der Waals surface area contributed by atoms with Gasteiger partial charge in [0.25, 0.3) is 0 Å². The smallest absolute Gasteiger partial charge is 0.330 e. The molecule has 3 N–H and O–H groups in total. The number of hydrogen-bond donors (Lipinski definition) is 2. The van der Waals surface area contributed by atoms with Crippen LogP contribution in [0.3, 0.4) is 0 Å². The fourth-order valence-electron chi connectivity index (χ4n) is 5.65. The lowest BCUT2D eigenvalue weighted by molar-refractivity contribution is -0.116. The number of fused-ring (bicyclic) bond motifs is 3. The van der Waals surface area contributed by atoms with Gasteiger partial charge in [-0.25, -0.2) is 4.57 Å². The van der Waals surface area contributed by atoms with Crippen molar-refractivity contribution in [1.82, 2.24) is 14.8 Å². The molecule has 11 nitrogen and oxygen atoms in total. The molecule has 0 bridgehead atoms. The number of nitrogens with zero attached hydrogens (tertiary/aromatic N) is 4. The van der Waals surface area contributed by atoms with Gasteiger partial charge < -0.3 is 11.1 Å². The van der Waals surface area contributed by atoms with Crippen molar-refractivity contribution in [2.45, 2.75) is 92.6 Å². The minimum absolute atomic E-state index is 0.0165. The summed E-state index contributed by atoms with van der Waals surface area (Å²) in [5.74, 6) is 1.05. The first kappa shape index (κ1) is 37.0. The first-order valence-electron chi connectivity index (χ1n) is 16.4. The molecule has 5 rings (SSSR count). The van der Waals surface area contributed by atoms with Crippen LogP contribution in [0.25, 0.3) is 5.00 Å². The lowest BCUT2D eigenvalue weighted by atomic mass is 9.99. The molecule has 0 spiro atoms. The molecule has 1 aliphatic rings. The minimum Gasteiger partial charge on any atom is -0.330 e. The standard InChI is InChI=1S/C35H44ClN6O5PS/c1-20(2)46-48(44,47-21(3)4)45-19-27-17-29(15-12-25(27)9-8-16-37)38-31(43)18-30-34-41-40-24(7)42(34)35-32(22(5)23(6)49-35)33(39-30)26-10-13-28(36)14-11-26/h10-15,17,20-21,30H,8-9,16,18-19,37H2,1-7H3,(H,38,43)/t30-/m0/s1. The van der Waals surface area contributed by atoms with Crippen molar-refractivity contribution in [2.75, 3.05) is 11.9 Å². The van der Waals surface area contributed by atoms with Crippen LogP contribution >= 0.6 is 30.8 Å². The number of amides is 1. The zero-order valence-corrected chi connectivity index (χ0v) is 31.4. The highest BCUT2D eigenvalue weighted by Crippen LogP contribution is 2.52. The van der Waals surface area contributed by atoms with Crippen LogP contribution in [0.2, 0.25) is 5.02 Å². The number of nitrogens with two attached hydrogens (primary N) is 1. The van der Waals surface area contributed by atoms with E-state index in [9.17, 15) is 9.36 Å². The molecule has 2 aromatic carbocycles. The molecule has 0 saturated heterocycles. The molecule has 4 aromatic rings. The molecule has 1 atom stereocenters. The first-order valence-corrected chi connectivity index (χ1v) is 19.0. The zero-order valence-electron chi connectivity index (χ0n) is 28.9. The van der Waals surface area contributed by atoms with E-state index in [1.54, 1.807) is 39.0 Å². The SMILES string of the molecule is Cc1sc2c(c1C)C(c1ccc(Cl)cc1)=N[C@@H](CC(=O)Nc1ccc(CCCN)c(COP(=O)(OC(C)C)OC(C)C)c1)c1nnc(C)n1-2. The summed E-state index contributed by atoms with van der Waals surface area (Å²) in [6, 6.07) is 12.5. The third kappa shape index (κ3) is 8.75. The molecular weight excluding hydrogens is 683 g/mol. The van der Waals surface area contributed by atoms with Gasteiger partial charge in [-0.2, -0.15) is 0 Å². The summed E-state index contributed by atoms with van der Waals surface area (Å²) >= 11 is 7.90. The number of thiophene rings is 1. The highest BCUT2D eigenvalue weighted by Gasteiger charge is 2.33. The van der Waals surface area contributed by atoms with Gasteiger partial charge in [0.2, 0.25) is 5.91 Å². The Hall–Kier alpha value is -3.22. The molecule has 0 unspecified atom stereocenters. The number of phosphoric ester groups is 1. The van der Waals surface area contributed by atoms with Crippen LogP contribution < -0.4 is 11.1 Å². The number of rotatable bonds is 14. The van der Waals surface area contributed by atoms with E-state index in [1.165, 1.54) is 4.88 Å². The van der Waals surface area contributed by atoms with Gasteiger partial charge in [0.05, 0.1) is 30.9 Å². The van der Waals surface area contributed by atoms with Crippen molar-refractivity contribution in [3.8, 4) is 5.00 Å². The predicted octanol–water partition coefficient (Wildman–Crippen LogP) is 8.19. The fourth-order valence-corrected chi connectivity index (χ4v) is 8.49. The molecule has 49 heavy (non-hydrogen) atoms. The summed E-state index contributed by atoms with van der Waals surface area (Å²) < 4.78 is 32.4. The van der Waals surface area contributed by atoms with Crippen LogP contribution in [-0.2, 0) is 36.0 Å². The molecule has 0 radical (unpaired) electrons. The van der Waals surface area contributed by atoms with E-state index in [2.05, 4.69) is 29.4 Å². The van der Waals surface area contributed by atoms with Gasteiger partial charge in [0.1, 0.15) is 16.9 Å². The molecule has 262 valence electrons. The second kappa shape index (κ2) is 15.8. The number of nitrogens with one attached hydrogen (secondary N) is 1. The molecule has 3 heterocycles. The maximum absolute atomic E-state index is 13.8. The normalized spacial score (nSPS) is 14.5. The number of phosphoric acid groups is 1. The van der Waals surface area contributed by atoms with Crippen LogP contribution in [0.5, 0.6) is 0 Å². The zero-order chi connectivity index (χ0) is 35.5. The van der Waals surface area contributed by atoms with Gasteiger partial charge in [-0.3, -0.25) is 27.9 Å². The van der Waals surface area contributed by atoms with E-state index >= 15 is 0 Å². The van der Waals surface area contributed by atoms with Crippen LogP contribution in [0.15, 0.2) is 47.5 Å². The largest absolute Gasteiger partial charge is 0.475 e. The topological polar surface area (TPSA) is 143 Å². The number of carbonyl (C=O) groups is 1. The summed E-state index contributed by atoms with van der Waals surface area (Å²) in [6.07, 6.45) is 0.718. The lowest BCUT2D eigenvalue weighted by Crippen LogP contribution is -2.17. The molecule has 0 saturated carbocycles. The van der Waals surface area contributed by atoms with E-state index in [0.29, 0.717) is 35.3 Å². The quantitative estimate of drug-likeness (QED) is 0.124. The Morgan fingerprint density at radius 3 is 2.39 bits per heavy atom. The van der Waals surface area contributed by atoms with Crippen molar-refractivity contribution >= 4 is 48.1 Å². The molecule has 0 aliphatic carbocycles. The molecule has 1 aliphatic heterocycles. The number of anilines is 1. The first-order chi connectivity index (χ1) is 23.3. The Morgan fingerprint density at radius 2 is 1.73 bits per heavy atom. The Balaban J connectivity index is 1.45. The monoisotopic (exact) mass is 726 g/mol. The average molecular weight is 727 g/mol. The number of halogens is 1. The average Bonchev–Trinajstić information content (AvgIpc) is 3.51. The highest BCUT2D eigenvalue weighted by atomic mass is 35.5. The molecule has 2 aromatic heterocycles. The van der Waals surface area contributed by atoms with Crippen LogP contribution in [0.1, 0.15) is 90.9 Å². The van der Waals surface area contributed by atoms with Crippen molar-refractivity contribution in [1.29, 1.82) is 0 Å². The van der Waals surface area contributed by atoms with Gasteiger partial charge >= 0.3 is 7.82 Å². The van der Waals surface area contributed by atoms with E-state index in [1.807, 2.05) is 54.0 Å². The molecule has 0 fully saturated rings. The van der Waals surface area contributed by atoms with Gasteiger partial charge in [-0.15, -0.1) is 21.5 Å². The van der Waals surface area contributed by atoms with E-state index < -0.39 is 13.9 Å². The van der Waals surface area contributed by atoms with E-state index in [0.717, 1.165) is 45.0 Å². The summed E-state index contributed by atoms with van der Waals surface area (Å²) in [6.45, 7) is 13.6. The Labute approximate surface area is 296 Å². The summed E-state index contributed by atoms with van der Waals surface area (Å²) in [5.41, 5.74) is 11.8. The maximum atomic E-state index is 13.8. The van der Waals surface area contributed by atoms with Crippen molar-refractivity contribution < 1.29 is 22.9 Å². The highest BCUT2D eigenvalue weighted by molar-refractivity contribution is 7.48. The number of aliphatic imine (C=N–C) groups is 1. The van der Waals surface area contributed by atoms with Gasteiger partial charge in [-0.05, 0) is 109 Å². The van der Waals surface area contributed by atoms with Crippen molar-refractivity contribution in [3.05, 3.63) is 91.8 Å². The summed E-state index contributed by atoms with van der Waals surface area (Å²) in [5, 5.41) is 13.5. The van der Waals surface area contributed by atoms with Crippen LogP contribution in [-0.4, -0.2) is 45.1 Å². The van der Waals surface area contributed by atoms with Crippen LogP contribution in [0, 0.1) is 20.8 Å². The maximum Gasteiger partial charge on any atom is 0.475 e. The van der Waals surface area contributed by atoms with Crippen LogP contribution in [0.4, 0.5) is 5.69 Å². The second-order valence-corrected chi connectivity index (χ2v) is 15.8. The third-order valence-corrected chi connectivity index (χ3v) is 11.2. The number of hydrogen-bond acceptors (Lipinski definition) is 10. The van der Waals surface area contributed by atoms with Gasteiger partial charge in [-0.1, -0.05) is 29.8 Å². The minimum atomic E-state index is -3.85. The Bertz CT molecular complexity index is 1870. The number of benzene rings is 2. The van der Waals surface area contributed by atoms with Crippen molar-refractivity contribution in [2.24, 2.45) is 10.7 Å². The summed E-state index contributed by atoms with van der Waals surface area (Å²) in [4.78, 5) is 20.1. The lowest BCUT2D eigenvalue weighted by Gasteiger charge is -2.22. The predicted molar refractivity (Wildman–Crippen MR) is 195 cm³/mol. The number of carbonyl (C=O) groups excluding carboxylic acids is 1.